The molecule has 0 saturated heterocycles. The van der Waals surface area contributed by atoms with E-state index in [-0.39, 0.29) is 23.9 Å². The van der Waals surface area contributed by atoms with Gasteiger partial charge in [0.15, 0.2) is 0 Å². The van der Waals surface area contributed by atoms with Gasteiger partial charge in [-0.15, -0.1) is 0 Å². The molecule has 1 aromatic heterocycles. The highest BCUT2D eigenvalue weighted by atomic mass is 16.2. The molecule has 24 heavy (non-hydrogen) atoms. The number of carbonyl (C=O) groups excluding carboxylic acids is 1. The predicted octanol–water partition coefficient (Wildman–Crippen LogP) is 4.59. The molecule has 1 amide bonds. The molecule has 0 aliphatic carbocycles. The van der Waals surface area contributed by atoms with Crippen LogP contribution in [0, 0.1) is 0 Å². The second-order valence-corrected chi connectivity index (χ2v) is 7.02. The minimum atomic E-state index is 0.184. The standard InChI is InChI=1S/C20H31N3O/c1-7-15(5)23(16(6)8-2)19(24)13-22-18-12-10-9-11-17(18)21-20(22)14(3)4/h9-12,14-16H,7-8,13H2,1-6H3. The molecule has 2 atom stereocenters. The Bertz CT molecular complexity index is 679. The average molecular weight is 329 g/mol. The Morgan fingerprint density at radius 1 is 1.08 bits per heavy atom. The smallest absolute Gasteiger partial charge is 0.243 e. The lowest BCUT2D eigenvalue weighted by molar-refractivity contribution is -0.136. The number of aromatic nitrogens is 2. The van der Waals surface area contributed by atoms with Crippen LogP contribution in [0.25, 0.3) is 11.0 Å². The van der Waals surface area contributed by atoms with Crippen LogP contribution in [0.15, 0.2) is 24.3 Å². The second-order valence-electron chi connectivity index (χ2n) is 7.02. The summed E-state index contributed by atoms with van der Waals surface area (Å²) in [6.07, 6.45) is 1.94. The number of para-hydroxylation sites is 2. The van der Waals surface area contributed by atoms with Gasteiger partial charge in [0.1, 0.15) is 12.4 Å². The SMILES string of the molecule is CCC(C)N(C(=O)Cn1c(C(C)C)nc2ccccc21)C(C)CC. The van der Waals surface area contributed by atoms with E-state index in [1.54, 1.807) is 0 Å². The van der Waals surface area contributed by atoms with Crippen molar-refractivity contribution in [1.82, 2.24) is 14.5 Å². The molecule has 2 unspecified atom stereocenters. The van der Waals surface area contributed by atoms with E-state index in [9.17, 15) is 4.79 Å². The van der Waals surface area contributed by atoms with Gasteiger partial charge in [-0.1, -0.05) is 39.8 Å². The molecule has 0 fully saturated rings. The largest absolute Gasteiger partial charge is 0.336 e. The quantitative estimate of drug-likeness (QED) is 0.745. The third-order valence-corrected chi connectivity index (χ3v) is 4.91. The van der Waals surface area contributed by atoms with Crippen LogP contribution in [0.5, 0.6) is 0 Å². The maximum absolute atomic E-state index is 13.1. The Balaban J connectivity index is 2.40. The van der Waals surface area contributed by atoms with E-state index in [1.807, 2.05) is 18.2 Å². The molecule has 2 aromatic rings. The highest BCUT2D eigenvalue weighted by molar-refractivity contribution is 5.81. The van der Waals surface area contributed by atoms with Crippen molar-refractivity contribution in [3.05, 3.63) is 30.1 Å². The summed E-state index contributed by atoms with van der Waals surface area (Å²) in [6.45, 7) is 13.2. The van der Waals surface area contributed by atoms with Crippen molar-refractivity contribution in [1.29, 1.82) is 0 Å². The summed E-state index contributed by atoms with van der Waals surface area (Å²) >= 11 is 0. The molecule has 1 heterocycles. The van der Waals surface area contributed by atoms with E-state index in [0.29, 0.717) is 6.54 Å². The lowest BCUT2D eigenvalue weighted by Crippen LogP contribution is -2.45. The van der Waals surface area contributed by atoms with Gasteiger partial charge >= 0.3 is 0 Å². The number of carbonyl (C=O) groups is 1. The molecule has 0 N–H and O–H groups in total. The Kier molecular flexibility index (Phi) is 6.03. The van der Waals surface area contributed by atoms with Gasteiger partial charge in [-0.25, -0.2) is 4.98 Å². The number of imidazole rings is 1. The molecule has 4 nitrogen and oxygen atoms in total. The van der Waals surface area contributed by atoms with Crippen LogP contribution in [0.2, 0.25) is 0 Å². The van der Waals surface area contributed by atoms with Crippen LogP contribution in [0.3, 0.4) is 0 Å². The molecule has 2 rings (SSSR count). The topological polar surface area (TPSA) is 38.1 Å². The fourth-order valence-electron chi connectivity index (χ4n) is 3.24. The lowest BCUT2D eigenvalue weighted by atomic mass is 10.1. The predicted molar refractivity (Wildman–Crippen MR) is 100 cm³/mol. The first-order valence-electron chi connectivity index (χ1n) is 9.16. The van der Waals surface area contributed by atoms with Gasteiger partial charge in [-0.3, -0.25) is 4.79 Å². The lowest BCUT2D eigenvalue weighted by Gasteiger charge is -2.34. The minimum absolute atomic E-state index is 0.184. The minimum Gasteiger partial charge on any atom is -0.336 e. The van der Waals surface area contributed by atoms with E-state index in [2.05, 4.69) is 57.1 Å². The van der Waals surface area contributed by atoms with Crippen LogP contribution >= 0.6 is 0 Å². The van der Waals surface area contributed by atoms with Gasteiger partial charge in [-0.2, -0.15) is 0 Å². The number of hydrogen-bond donors (Lipinski definition) is 0. The molecular weight excluding hydrogens is 298 g/mol. The average Bonchev–Trinajstić information content (AvgIpc) is 2.93. The van der Waals surface area contributed by atoms with Crippen molar-refractivity contribution >= 4 is 16.9 Å². The molecule has 0 aliphatic rings. The summed E-state index contributed by atoms with van der Waals surface area (Å²) in [7, 11) is 0. The van der Waals surface area contributed by atoms with Crippen LogP contribution in [-0.4, -0.2) is 32.4 Å². The Morgan fingerprint density at radius 3 is 2.21 bits per heavy atom. The number of hydrogen-bond acceptors (Lipinski definition) is 2. The molecule has 1 aromatic carbocycles. The highest BCUT2D eigenvalue weighted by Crippen LogP contribution is 2.23. The van der Waals surface area contributed by atoms with Gasteiger partial charge in [0.05, 0.1) is 11.0 Å². The van der Waals surface area contributed by atoms with E-state index >= 15 is 0 Å². The zero-order valence-electron chi connectivity index (χ0n) is 15.9. The maximum atomic E-state index is 13.1. The first-order chi connectivity index (χ1) is 11.4. The van der Waals surface area contributed by atoms with Crippen molar-refractivity contribution in [3.63, 3.8) is 0 Å². The fourth-order valence-corrected chi connectivity index (χ4v) is 3.24. The van der Waals surface area contributed by atoms with Crippen LogP contribution in [-0.2, 0) is 11.3 Å². The summed E-state index contributed by atoms with van der Waals surface area (Å²) in [5.74, 6) is 1.45. The number of benzene rings is 1. The number of fused-ring (bicyclic) bond motifs is 1. The van der Waals surface area contributed by atoms with Crippen LogP contribution in [0.4, 0.5) is 0 Å². The summed E-state index contributed by atoms with van der Waals surface area (Å²) < 4.78 is 2.10. The first-order valence-corrected chi connectivity index (χ1v) is 9.16. The third-order valence-electron chi connectivity index (χ3n) is 4.91. The molecule has 0 saturated carbocycles. The Morgan fingerprint density at radius 2 is 1.67 bits per heavy atom. The van der Waals surface area contributed by atoms with Gasteiger partial charge in [0, 0.05) is 18.0 Å². The van der Waals surface area contributed by atoms with E-state index in [0.717, 1.165) is 29.7 Å². The zero-order valence-corrected chi connectivity index (χ0v) is 15.9. The Hall–Kier alpha value is -1.84. The van der Waals surface area contributed by atoms with E-state index < -0.39 is 0 Å². The maximum Gasteiger partial charge on any atom is 0.243 e. The summed E-state index contributed by atoms with van der Waals surface area (Å²) in [5.41, 5.74) is 2.01. The van der Waals surface area contributed by atoms with Crippen molar-refractivity contribution in [2.45, 2.75) is 78.9 Å². The van der Waals surface area contributed by atoms with Crippen molar-refractivity contribution in [2.75, 3.05) is 0 Å². The summed E-state index contributed by atoms with van der Waals surface area (Å²) in [5, 5.41) is 0. The first kappa shape index (κ1) is 18.5. The monoisotopic (exact) mass is 329 g/mol. The van der Waals surface area contributed by atoms with Crippen LogP contribution in [0.1, 0.15) is 66.1 Å². The highest BCUT2D eigenvalue weighted by Gasteiger charge is 2.25. The molecule has 0 radical (unpaired) electrons. The van der Waals surface area contributed by atoms with E-state index in [4.69, 9.17) is 4.98 Å². The number of amides is 1. The van der Waals surface area contributed by atoms with Crippen molar-refractivity contribution < 1.29 is 4.79 Å². The second kappa shape index (κ2) is 7.82. The number of nitrogens with zero attached hydrogens (tertiary/aromatic N) is 3. The molecule has 0 aliphatic heterocycles. The Labute approximate surface area is 145 Å². The van der Waals surface area contributed by atoms with Gasteiger partial charge < -0.3 is 9.47 Å². The van der Waals surface area contributed by atoms with Gasteiger partial charge in [0.2, 0.25) is 5.91 Å². The van der Waals surface area contributed by atoms with Gasteiger partial charge in [0.25, 0.3) is 0 Å². The van der Waals surface area contributed by atoms with Gasteiger partial charge in [-0.05, 0) is 38.8 Å². The van der Waals surface area contributed by atoms with E-state index in [1.165, 1.54) is 0 Å². The normalized spacial score (nSPS) is 14.1. The van der Waals surface area contributed by atoms with Crippen molar-refractivity contribution in [2.24, 2.45) is 0 Å². The molecule has 0 bridgehead atoms. The van der Waals surface area contributed by atoms with Crippen LogP contribution < -0.4 is 0 Å². The van der Waals surface area contributed by atoms with Crippen molar-refractivity contribution in [3.8, 4) is 0 Å². The zero-order chi connectivity index (χ0) is 17.9. The third kappa shape index (κ3) is 3.63. The molecule has 132 valence electrons. The molecule has 0 spiro atoms. The molecule has 4 heteroatoms. The summed E-state index contributed by atoms with van der Waals surface area (Å²) in [6, 6.07) is 8.59. The molecular formula is C20H31N3O. The number of rotatable bonds is 7. The fraction of sp³-hybridized carbons (Fsp3) is 0.600. The summed E-state index contributed by atoms with van der Waals surface area (Å²) in [4.78, 5) is 19.9.